The van der Waals surface area contributed by atoms with Crippen LogP contribution in [0.25, 0.3) is 0 Å². The molecule has 0 radical (unpaired) electrons. The molecule has 0 atom stereocenters. The Morgan fingerprint density at radius 3 is 2.50 bits per heavy atom. The number of aldehydes is 1. The molecule has 0 aromatic heterocycles. The van der Waals surface area contributed by atoms with Crippen LogP contribution in [-0.4, -0.2) is 21.2 Å². The van der Waals surface area contributed by atoms with Crippen molar-refractivity contribution in [1.82, 2.24) is 0 Å². The summed E-state index contributed by atoms with van der Waals surface area (Å²) in [6.45, 7) is 1.90. The number of allylic oxidation sites excluding steroid dienone is 2. The van der Waals surface area contributed by atoms with Gasteiger partial charge in [0.15, 0.2) is 0 Å². The summed E-state index contributed by atoms with van der Waals surface area (Å²) >= 11 is 0.178. The molecule has 0 heterocycles. The molecule has 0 amide bonds. The summed E-state index contributed by atoms with van der Waals surface area (Å²) in [5.41, 5.74) is 0. The van der Waals surface area contributed by atoms with E-state index in [9.17, 15) is 4.79 Å². The summed E-state index contributed by atoms with van der Waals surface area (Å²) in [6.07, 6.45) is 2.81. The van der Waals surface area contributed by atoms with E-state index in [-0.39, 0.29) is 15.0 Å². The average Bonchev–Trinajstić information content (AvgIpc) is 2.16. The summed E-state index contributed by atoms with van der Waals surface area (Å²) in [4.78, 5) is 10.5. The van der Waals surface area contributed by atoms with Gasteiger partial charge in [0.25, 0.3) is 0 Å². The Labute approximate surface area is 78.6 Å². The Bertz CT molecular complexity index is 277. The number of hydrogen-bond donors (Lipinski definition) is 0. The molecule has 0 fully saturated rings. The first kappa shape index (κ1) is 9.24. The fraction of sp³-hybridized carbons (Fsp3) is 0.100. The molecule has 0 aliphatic carbocycles. The van der Waals surface area contributed by atoms with E-state index in [1.54, 1.807) is 0 Å². The third-order valence-corrected chi connectivity index (χ3v) is 3.64. The zero-order chi connectivity index (χ0) is 8.81. The van der Waals surface area contributed by atoms with E-state index >= 15 is 0 Å². The van der Waals surface area contributed by atoms with Crippen LogP contribution >= 0.6 is 0 Å². The predicted molar refractivity (Wildman–Crippen MR) is 51.7 cm³/mol. The average molecular weight is 225 g/mol. The Hall–Kier alpha value is -0.851. The minimum absolute atomic E-state index is 0.178. The Morgan fingerprint density at radius 1 is 1.33 bits per heavy atom. The maximum atomic E-state index is 10.5. The van der Waals surface area contributed by atoms with Gasteiger partial charge >= 0.3 is 78.3 Å². The topological polar surface area (TPSA) is 17.1 Å². The second kappa shape index (κ2) is 4.91. The third kappa shape index (κ3) is 2.65. The zero-order valence-electron chi connectivity index (χ0n) is 6.86. The van der Waals surface area contributed by atoms with Gasteiger partial charge in [-0.1, -0.05) is 0 Å². The molecule has 0 bridgehead atoms. The number of hydrogen-bond acceptors (Lipinski definition) is 1. The number of rotatable bonds is 3. The molecule has 1 aromatic rings. The van der Waals surface area contributed by atoms with Crippen molar-refractivity contribution >= 4 is 25.7 Å². The molecule has 1 nitrogen and oxygen atoms in total. The zero-order valence-corrected chi connectivity index (χ0v) is 8.57. The van der Waals surface area contributed by atoms with Gasteiger partial charge < -0.3 is 0 Å². The van der Waals surface area contributed by atoms with Crippen LogP contribution in [0.4, 0.5) is 0 Å². The van der Waals surface area contributed by atoms with E-state index in [2.05, 4.69) is 0 Å². The molecule has 0 aliphatic rings. The quantitative estimate of drug-likeness (QED) is 0.428. The van der Waals surface area contributed by atoms with E-state index < -0.39 is 0 Å². The summed E-state index contributed by atoms with van der Waals surface area (Å²) in [5, 5.41) is 0. The van der Waals surface area contributed by atoms with Gasteiger partial charge in [-0.15, -0.1) is 0 Å². The second-order valence-electron chi connectivity index (χ2n) is 2.22. The molecular formula is C10H10OSe. The van der Waals surface area contributed by atoms with Crippen molar-refractivity contribution in [2.45, 2.75) is 6.92 Å². The molecule has 1 aromatic carbocycles. The normalized spacial score (nSPS) is 11.2. The Balaban J connectivity index is 2.70. The van der Waals surface area contributed by atoms with Gasteiger partial charge in [0.2, 0.25) is 0 Å². The van der Waals surface area contributed by atoms with Gasteiger partial charge in [-0.3, -0.25) is 0 Å². The van der Waals surface area contributed by atoms with E-state index in [0.717, 1.165) is 10.8 Å². The number of carbonyl (C=O) groups is 1. The summed E-state index contributed by atoms with van der Waals surface area (Å²) < 4.78 is 2.14. The summed E-state index contributed by atoms with van der Waals surface area (Å²) in [7, 11) is 0. The van der Waals surface area contributed by atoms with Crippen molar-refractivity contribution in [2.24, 2.45) is 0 Å². The van der Waals surface area contributed by atoms with Gasteiger partial charge in [-0.2, -0.15) is 0 Å². The molecule has 62 valence electrons. The molecule has 0 saturated carbocycles. The minimum atomic E-state index is 0.178. The van der Waals surface area contributed by atoms with E-state index in [1.807, 2.05) is 43.3 Å². The van der Waals surface area contributed by atoms with Gasteiger partial charge in [-0.25, -0.2) is 0 Å². The third-order valence-electron chi connectivity index (χ3n) is 1.38. The van der Waals surface area contributed by atoms with Crippen molar-refractivity contribution in [3.8, 4) is 0 Å². The summed E-state index contributed by atoms with van der Waals surface area (Å²) in [6, 6.07) is 10.1. The van der Waals surface area contributed by atoms with Crippen LogP contribution in [0, 0.1) is 0 Å². The number of benzene rings is 1. The van der Waals surface area contributed by atoms with Crippen LogP contribution in [0.2, 0.25) is 0 Å². The van der Waals surface area contributed by atoms with Gasteiger partial charge in [0, 0.05) is 0 Å². The van der Waals surface area contributed by atoms with Crippen molar-refractivity contribution < 1.29 is 4.79 Å². The van der Waals surface area contributed by atoms with E-state index in [0.29, 0.717) is 0 Å². The molecule has 0 unspecified atom stereocenters. The van der Waals surface area contributed by atoms with E-state index in [1.165, 1.54) is 4.46 Å². The number of carbonyl (C=O) groups excluding carboxylic acids is 1. The first-order valence-electron chi connectivity index (χ1n) is 3.71. The van der Waals surface area contributed by atoms with Gasteiger partial charge in [0.05, 0.1) is 0 Å². The van der Waals surface area contributed by atoms with Crippen molar-refractivity contribution in [1.29, 1.82) is 0 Å². The van der Waals surface area contributed by atoms with Crippen LogP contribution in [-0.2, 0) is 4.79 Å². The van der Waals surface area contributed by atoms with Gasteiger partial charge in [-0.05, 0) is 0 Å². The van der Waals surface area contributed by atoms with Crippen molar-refractivity contribution in [3.63, 3.8) is 0 Å². The fourth-order valence-electron chi connectivity index (χ4n) is 0.776. The molecule has 1 rings (SSSR count). The molecular weight excluding hydrogens is 215 g/mol. The molecule has 0 N–H and O–H groups in total. The van der Waals surface area contributed by atoms with Crippen molar-refractivity contribution in [3.05, 3.63) is 40.9 Å². The van der Waals surface area contributed by atoms with Gasteiger partial charge in [0.1, 0.15) is 0 Å². The molecule has 0 aliphatic heterocycles. The second-order valence-corrected chi connectivity index (χ2v) is 4.63. The van der Waals surface area contributed by atoms with Crippen LogP contribution in [0.3, 0.4) is 0 Å². The summed E-state index contributed by atoms with van der Waals surface area (Å²) in [5.74, 6) is 0. The SMILES string of the molecule is C/C=C(/C=O)[Se]c1ccccc1. The first-order valence-corrected chi connectivity index (χ1v) is 5.42. The van der Waals surface area contributed by atoms with Crippen molar-refractivity contribution in [2.75, 3.05) is 0 Å². The van der Waals surface area contributed by atoms with Crippen LogP contribution in [0.1, 0.15) is 6.92 Å². The Morgan fingerprint density at radius 2 is 2.00 bits per heavy atom. The monoisotopic (exact) mass is 226 g/mol. The molecule has 12 heavy (non-hydrogen) atoms. The molecule has 0 saturated heterocycles. The van der Waals surface area contributed by atoms with Crippen LogP contribution in [0.15, 0.2) is 40.9 Å². The van der Waals surface area contributed by atoms with E-state index in [4.69, 9.17) is 0 Å². The first-order chi connectivity index (χ1) is 5.86. The Kier molecular flexibility index (Phi) is 3.78. The fourth-order valence-corrected chi connectivity index (χ4v) is 2.31. The molecule has 2 heteroatoms. The molecule has 0 spiro atoms. The predicted octanol–water partition coefficient (Wildman–Crippen LogP) is 1.12. The maximum absolute atomic E-state index is 10.5. The van der Waals surface area contributed by atoms with Crippen LogP contribution in [0.5, 0.6) is 0 Å². The van der Waals surface area contributed by atoms with Crippen LogP contribution < -0.4 is 4.46 Å². The standard InChI is InChI=1S/C10H10OSe/c1-2-9(8-11)12-10-6-4-3-5-7-10/h2-8H,1H3/b9-2-.